The van der Waals surface area contributed by atoms with Crippen molar-refractivity contribution in [1.29, 1.82) is 0 Å². The van der Waals surface area contributed by atoms with Crippen LogP contribution in [-0.4, -0.2) is 46.9 Å². The molecule has 0 aromatic carbocycles. The van der Waals surface area contributed by atoms with Gasteiger partial charge in [0, 0.05) is 6.42 Å². The van der Waals surface area contributed by atoms with Crippen molar-refractivity contribution in [2.24, 2.45) is 0 Å². The normalized spacial score (nSPS) is 13.5. The summed E-state index contributed by atoms with van der Waals surface area (Å²) >= 11 is 0. The van der Waals surface area contributed by atoms with Crippen LogP contribution in [0.2, 0.25) is 0 Å². The van der Waals surface area contributed by atoms with Crippen LogP contribution in [0.1, 0.15) is 290 Å². The van der Waals surface area contributed by atoms with Gasteiger partial charge in [0.1, 0.15) is 6.10 Å². The average molecular weight is 913 g/mol. The monoisotopic (exact) mass is 912 g/mol. The average Bonchev–Trinajstić information content (AvgIpc) is 3.30. The van der Waals surface area contributed by atoms with Crippen LogP contribution >= 0.6 is 0 Å². The Labute approximate surface area is 404 Å². The van der Waals surface area contributed by atoms with Crippen molar-refractivity contribution in [1.82, 2.24) is 5.32 Å². The van der Waals surface area contributed by atoms with Crippen molar-refractivity contribution in [3.63, 3.8) is 0 Å². The molecule has 6 nitrogen and oxygen atoms in total. The summed E-state index contributed by atoms with van der Waals surface area (Å²) in [7, 11) is 0. The first-order chi connectivity index (χ1) is 32.0. The molecule has 0 bridgehead atoms. The van der Waals surface area contributed by atoms with Crippen LogP contribution in [0, 0.1) is 0 Å². The first kappa shape index (κ1) is 62.8. The van der Waals surface area contributed by atoms with Crippen LogP contribution in [0.3, 0.4) is 0 Å². The van der Waals surface area contributed by atoms with E-state index >= 15 is 0 Å². The quantitative estimate of drug-likeness (QED) is 0.0321. The number of esters is 1. The lowest BCUT2D eigenvalue weighted by atomic mass is 10.0. The minimum Gasteiger partial charge on any atom is -0.462 e. The summed E-state index contributed by atoms with van der Waals surface area (Å²) in [5.41, 5.74) is 0. The van der Waals surface area contributed by atoms with Gasteiger partial charge in [0.15, 0.2) is 0 Å². The molecule has 3 N–H and O–H groups in total. The number of aliphatic hydroxyl groups is 2. The van der Waals surface area contributed by atoms with Gasteiger partial charge in [-0.25, -0.2) is 0 Å². The van der Waals surface area contributed by atoms with Crippen molar-refractivity contribution in [3.05, 3.63) is 48.6 Å². The van der Waals surface area contributed by atoms with E-state index in [1.54, 1.807) is 0 Å². The molecule has 3 unspecified atom stereocenters. The number of hydrogen-bond donors (Lipinski definition) is 3. The lowest BCUT2D eigenvalue weighted by Crippen LogP contribution is -2.46. The maximum atomic E-state index is 13.2. The first-order valence-electron chi connectivity index (χ1n) is 28.4. The number of unbranched alkanes of at least 4 members (excludes halogenated alkanes) is 31. The van der Waals surface area contributed by atoms with Crippen LogP contribution in [0.5, 0.6) is 0 Å². The molecular formula is C59H109NO5. The predicted octanol–water partition coefficient (Wildman–Crippen LogP) is 17.4. The molecule has 6 heteroatoms. The molecule has 0 aromatic rings. The van der Waals surface area contributed by atoms with E-state index in [0.717, 1.165) is 83.5 Å². The Kier molecular flexibility index (Phi) is 51.0. The topological polar surface area (TPSA) is 95.9 Å². The Morgan fingerprint density at radius 3 is 1.25 bits per heavy atom. The molecular weight excluding hydrogens is 803 g/mol. The Balaban J connectivity index is 4.59. The molecule has 0 aliphatic rings. The molecule has 380 valence electrons. The fraction of sp³-hybridized carbons (Fsp3) is 0.831. The molecule has 0 aliphatic carbocycles. The van der Waals surface area contributed by atoms with E-state index in [-0.39, 0.29) is 24.9 Å². The van der Waals surface area contributed by atoms with Crippen LogP contribution in [0.25, 0.3) is 0 Å². The maximum Gasteiger partial charge on any atom is 0.306 e. The van der Waals surface area contributed by atoms with Gasteiger partial charge >= 0.3 is 5.97 Å². The number of rotatable bonds is 51. The van der Waals surface area contributed by atoms with Crippen LogP contribution in [0.4, 0.5) is 0 Å². The van der Waals surface area contributed by atoms with Gasteiger partial charge in [-0.05, 0) is 89.9 Å². The molecule has 0 saturated heterocycles. The third-order valence-electron chi connectivity index (χ3n) is 12.9. The first-order valence-corrected chi connectivity index (χ1v) is 28.4. The molecule has 0 aromatic heterocycles. The van der Waals surface area contributed by atoms with E-state index in [1.165, 1.54) is 161 Å². The minimum atomic E-state index is -0.793. The van der Waals surface area contributed by atoms with E-state index in [0.29, 0.717) is 19.3 Å². The Hall–Kier alpha value is -2.18. The number of carbonyl (C=O) groups is 2. The third kappa shape index (κ3) is 48.1. The van der Waals surface area contributed by atoms with Crippen molar-refractivity contribution in [3.8, 4) is 0 Å². The van der Waals surface area contributed by atoms with E-state index in [4.69, 9.17) is 4.74 Å². The summed E-state index contributed by atoms with van der Waals surface area (Å²) in [5, 5.41) is 23.8. The van der Waals surface area contributed by atoms with Crippen LogP contribution in [0.15, 0.2) is 48.6 Å². The fourth-order valence-corrected chi connectivity index (χ4v) is 8.55. The van der Waals surface area contributed by atoms with Gasteiger partial charge in [-0.3, -0.25) is 9.59 Å². The second-order valence-electron chi connectivity index (χ2n) is 19.3. The predicted molar refractivity (Wildman–Crippen MR) is 282 cm³/mol. The van der Waals surface area contributed by atoms with Crippen LogP contribution in [-0.2, 0) is 14.3 Å². The number of aliphatic hydroxyl groups excluding tert-OH is 2. The van der Waals surface area contributed by atoms with Crippen molar-refractivity contribution in [2.75, 3.05) is 6.61 Å². The second kappa shape index (κ2) is 52.8. The van der Waals surface area contributed by atoms with Gasteiger partial charge < -0.3 is 20.3 Å². The van der Waals surface area contributed by atoms with E-state index in [1.807, 2.05) is 0 Å². The Bertz CT molecular complexity index is 1110. The number of amides is 1. The van der Waals surface area contributed by atoms with Gasteiger partial charge in [-0.15, -0.1) is 0 Å². The standard InChI is InChI=1S/C59H109NO5/c1-4-7-10-13-16-19-22-24-26-28-29-30-32-34-37-40-43-46-49-52-59(64)65-55(50-47-44-41-38-36-33-31-27-25-23-20-17-14-11-8-5-2)53-58(63)60-56(54-61)57(62)51-48-45-42-39-35-21-18-15-12-9-6-3/h16,19,24,26,29-30,33,36,55-57,61-62H,4-15,17-18,20-23,25,27-28,31-32,34-35,37-54H2,1-3H3,(H,60,63)/b19-16-,26-24-,30-29-,36-33+. The Morgan fingerprint density at radius 1 is 0.446 bits per heavy atom. The zero-order valence-electron chi connectivity index (χ0n) is 43.4. The van der Waals surface area contributed by atoms with Gasteiger partial charge in [0.25, 0.3) is 0 Å². The zero-order valence-corrected chi connectivity index (χ0v) is 43.4. The summed E-state index contributed by atoms with van der Waals surface area (Å²) in [4.78, 5) is 26.2. The van der Waals surface area contributed by atoms with Gasteiger partial charge in [0.2, 0.25) is 5.91 Å². The summed E-state index contributed by atoms with van der Waals surface area (Å²) in [6.45, 7) is 6.46. The number of nitrogens with one attached hydrogen (secondary N) is 1. The number of allylic oxidation sites excluding steroid dienone is 8. The third-order valence-corrected chi connectivity index (χ3v) is 12.9. The van der Waals surface area contributed by atoms with Gasteiger partial charge in [-0.2, -0.15) is 0 Å². The molecule has 0 saturated carbocycles. The number of carbonyl (C=O) groups excluding carboxylic acids is 2. The largest absolute Gasteiger partial charge is 0.462 e. The van der Waals surface area contributed by atoms with E-state index < -0.39 is 18.2 Å². The Morgan fingerprint density at radius 2 is 0.785 bits per heavy atom. The molecule has 65 heavy (non-hydrogen) atoms. The van der Waals surface area contributed by atoms with Crippen LogP contribution < -0.4 is 5.32 Å². The molecule has 0 aliphatic heterocycles. The van der Waals surface area contributed by atoms with Gasteiger partial charge in [0.05, 0.1) is 25.2 Å². The van der Waals surface area contributed by atoms with Crippen molar-refractivity contribution in [2.45, 2.75) is 309 Å². The summed E-state index contributed by atoms with van der Waals surface area (Å²) in [6.07, 6.45) is 64.6. The molecule has 0 heterocycles. The highest BCUT2D eigenvalue weighted by Crippen LogP contribution is 2.18. The maximum absolute atomic E-state index is 13.2. The van der Waals surface area contributed by atoms with Crippen molar-refractivity contribution < 1.29 is 24.5 Å². The fourth-order valence-electron chi connectivity index (χ4n) is 8.55. The molecule has 0 fully saturated rings. The lowest BCUT2D eigenvalue weighted by Gasteiger charge is -2.24. The SMILES string of the molecule is CCCCC/C=C\C/C=C\C/C=C\CCCCCCCCC(=O)OC(CCCCC/C=C/CCCCCCCCCCC)CC(=O)NC(CO)C(O)CCCCCCCCCCCCC. The molecule has 3 atom stereocenters. The smallest absolute Gasteiger partial charge is 0.306 e. The van der Waals surface area contributed by atoms with E-state index in [9.17, 15) is 19.8 Å². The highest BCUT2D eigenvalue weighted by molar-refractivity contribution is 5.77. The molecule has 0 radical (unpaired) electrons. The number of hydrogen-bond acceptors (Lipinski definition) is 5. The molecule has 1 amide bonds. The highest BCUT2D eigenvalue weighted by atomic mass is 16.5. The number of ether oxygens (including phenoxy) is 1. The van der Waals surface area contributed by atoms with E-state index in [2.05, 4.69) is 74.7 Å². The van der Waals surface area contributed by atoms with Crippen molar-refractivity contribution >= 4 is 11.9 Å². The van der Waals surface area contributed by atoms with Gasteiger partial charge in [-0.1, -0.05) is 236 Å². The lowest BCUT2D eigenvalue weighted by molar-refractivity contribution is -0.151. The summed E-state index contributed by atoms with van der Waals surface area (Å²) in [5.74, 6) is -0.494. The minimum absolute atomic E-state index is 0.0628. The second-order valence-corrected chi connectivity index (χ2v) is 19.3. The highest BCUT2D eigenvalue weighted by Gasteiger charge is 2.24. The molecule has 0 rings (SSSR count). The summed E-state index contributed by atoms with van der Waals surface area (Å²) < 4.78 is 5.95. The zero-order chi connectivity index (χ0) is 47.4. The summed E-state index contributed by atoms with van der Waals surface area (Å²) in [6, 6.07) is -0.708. The molecule has 0 spiro atoms.